The molecule has 0 fully saturated rings. The van der Waals surface area contributed by atoms with Gasteiger partial charge in [-0.15, -0.1) is 0 Å². The molecular weight excluding hydrogens is 244 g/mol. The molecule has 0 radical (unpaired) electrons. The number of halogens is 1. The van der Waals surface area contributed by atoms with Crippen molar-refractivity contribution in [3.63, 3.8) is 0 Å². The Hall–Kier alpha value is -0.830. The predicted molar refractivity (Wildman–Crippen MR) is 57.4 cm³/mol. The van der Waals surface area contributed by atoms with Gasteiger partial charge >= 0.3 is 5.97 Å². The molecule has 3 heteroatoms. The van der Waals surface area contributed by atoms with Gasteiger partial charge in [0.2, 0.25) is 0 Å². The Kier molecular flexibility index (Phi) is 2.14. The first-order valence-electron chi connectivity index (χ1n) is 4.50. The van der Waals surface area contributed by atoms with E-state index in [-0.39, 0.29) is 11.4 Å². The highest BCUT2D eigenvalue weighted by atomic mass is 79.9. The summed E-state index contributed by atoms with van der Waals surface area (Å²) in [6, 6.07) is 5.73. The van der Waals surface area contributed by atoms with Crippen LogP contribution in [0.15, 0.2) is 22.7 Å². The zero-order valence-electron chi connectivity index (χ0n) is 8.13. The molecule has 0 aliphatic carbocycles. The van der Waals surface area contributed by atoms with Crippen molar-refractivity contribution in [3.8, 4) is 5.75 Å². The second-order valence-electron chi connectivity index (χ2n) is 4.18. The minimum atomic E-state index is -0.148. The van der Waals surface area contributed by atoms with Gasteiger partial charge < -0.3 is 4.74 Å². The van der Waals surface area contributed by atoms with Crippen LogP contribution in [0.4, 0.5) is 0 Å². The van der Waals surface area contributed by atoms with Crippen molar-refractivity contribution in [1.82, 2.24) is 0 Å². The highest BCUT2D eigenvalue weighted by Crippen LogP contribution is 2.39. The number of hydrogen-bond donors (Lipinski definition) is 0. The number of carbonyl (C=O) groups is 1. The molecule has 0 saturated heterocycles. The summed E-state index contributed by atoms with van der Waals surface area (Å²) >= 11 is 3.42. The van der Waals surface area contributed by atoms with Gasteiger partial charge in [0.15, 0.2) is 0 Å². The second-order valence-corrected chi connectivity index (χ2v) is 5.09. The summed E-state index contributed by atoms with van der Waals surface area (Å²) in [5.41, 5.74) is 0.959. The van der Waals surface area contributed by atoms with Crippen LogP contribution in [0.3, 0.4) is 0 Å². The largest absolute Gasteiger partial charge is 0.426 e. The molecule has 2 nitrogen and oxygen atoms in total. The third kappa shape index (κ3) is 1.57. The normalized spacial score (nSPS) is 18.6. The fourth-order valence-electron chi connectivity index (χ4n) is 1.73. The fraction of sp³-hybridized carbons (Fsp3) is 0.364. The van der Waals surface area contributed by atoms with Crippen molar-refractivity contribution in [2.75, 3.05) is 0 Å². The van der Waals surface area contributed by atoms with Crippen LogP contribution < -0.4 is 4.74 Å². The monoisotopic (exact) mass is 254 g/mol. The summed E-state index contributed by atoms with van der Waals surface area (Å²) in [4.78, 5) is 11.3. The molecule has 0 aromatic heterocycles. The molecule has 0 saturated carbocycles. The Labute approximate surface area is 91.4 Å². The first-order chi connectivity index (χ1) is 6.49. The quantitative estimate of drug-likeness (QED) is 0.526. The fourth-order valence-corrected chi connectivity index (χ4v) is 2.10. The number of rotatable bonds is 0. The van der Waals surface area contributed by atoms with Crippen LogP contribution >= 0.6 is 15.9 Å². The van der Waals surface area contributed by atoms with Crippen LogP contribution in [0, 0.1) is 0 Å². The van der Waals surface area contributed by atoms with E-state index in [0.717, 1.165) is 10.0 Å². The summed E-state index contributed by atoms with van der Waals surface area (Å²) in [6.07, 6.45) is 0.441. The van der Waals surface area contributed by atoms with Crippen LogP contribution in [0.1, 0.15) is 25.8 Å². The van der Waals surface area contributed by atoms with Crippen molar-refractivity contribution >= 4 is 21.9 Å². The number of hydrogen-bond acceptors (Lipinski definition) is 2. The summed E-state index contributed by atoms with van der Waals surface area (Å²) in [6.45, 7) is 4.11. The molecule has 1 aliphatic rings. The second kappa shape index (κ2) is 3.09. The zero-order chi connectivity index (χ0) is 10.3. The van der Waals surface area contributed by atoms with Gasteiger partial charge in [-0.25, -0.2) is 0 Å². The lowest BCUT2D eigenvalue weighted by Gasteiger charge is -2.30. The zero-order valence-corrected chi connectivity index (χ0v) is 9.72. The molecule has 2 rings (SSSR count). The molecule has 1 aromatic rings. The van der Waals surface area contributed by atoms with Crippen LogP contribution in [0.25, 0.3) is 0 Å². The van der Waals surface area contributed by atoms with Crippen molar-refractivity contribution in [2.45, 2.75) is 25.7 Å². The Bertz CT molecular complexity index is 396. The van der Waals surface area contributed by atoms with E-state index in [1.807, 2.05) is 18.2 Å². The first kappa shape index (κ1) is 9.71. The average molecular weight is 255 g/mol. The predicted octanol–water partition coefficient (Wildman–Crippen LogP) is 3.04. The molecule has 0 N–H and O–H groups in total. The van der Waals surface area contributed by atoms with Crippen LogP contribution in [0.5, 0.6) is 5.75 Å². The van der Waals surface area contributed by atoms with E-state index in [4.69, 9.17) is 4.74 Å². The molecule has 0 spiro atoms. The van der Waals surface area contributed by atoms with E-state index in [1.54, 1.807) is 0 Å². The van der Waals surface area contributed by atoms with E-state index < -0.39 is 0 Å². The van der Waals surface area contributed by atoms with Gasteiger partial charge in [0.25, 0.3) is 0 Å². The minimum absolute atomic E-state index is 0.131. The summed E-state index contributed by atoms with van der Waals surface area (Å²) in [7, 11) is 0. The highest BCUT2D eigenvalue weighted by Gasteiger charge is 2.33. The van der Waals surface area contributed by atoms with Crippen LogP contribution in [-0.2, 0) is 10.2 Å². The van der Waals surface area contributed by atoms with Crippen LogP contribution in [0.2, 0.25) is 0 Å². The maximum absolute atomic E-state index is 11.3. The van der Waals surface area contributed by atoms with Crippen LogP contribution in [-0.4, -0.2) is 5.97 Å². The molecule has 14 heavy (non-hydrogen) atoms. The number of ether oxygens (including phenoxy) is 1. The van der Waals surface area contributed by atoms with Gasteiger partial charge in [-0.05, 0) is 18.2 Å². The lowest BCUT2D eigenvalue weighted by atomic mass is 9.80. The van der Waals surface area contributed by atoms with E-state index in [2.05, 4.69) is 29.8 Å². The smallest absolute Gasteiger partial charge is 0.312 e. The van der Waals surface area contributed by atoms with Gasteiger partial charge in [0, 0.05) is 15.5 Å². The maximum Gasteiger partial charge on any atom is 0.312 e. The number of benzene rings is 1. The first-order valence-corrected chi connectivity index (χ1v) is 5.29. The average Bonchev–Trinajstić information content (AvgIpc) is 2.05. The molecule has 0 amide bonds. The third-order valence-corrected chi connectivity index (χ3v) is 2.97. The lowest BCUT2D eigenvalue weighted by Crippen LogP contribution is -2.30. The summed E-state index contributed by atoms with van der Waals surface area (Å²) in [5.74, 6) is 0.541. The van der Waals surface area contributed by atoms with E-state index >= 15 is 0 Å². The highest BCUT2D eigenvalue weighted by molar-refractivity contribution is 9.10. The number of esters is 1. The number of carbonyl (C=O) groups excluding carboxylic acids is 1. The lowest BCUT2D eigenvalue weighted by molar-refractivity contribution is -0.136. The molecule has 1 aromatic carbocycles. The van der Waals surface area contributed by atoms with Gasteiger partial charge in [-0.3, -0.25) is 4.79 Å². The van der Waals surface area contributed by atoms with Crippen molar-refractivity contribution in [1.29, 1.82) is 0 Å². The van der Waals surface area contributed by atoms with Crippen molar-refractivity contribution in [2.24, 2.45) is 0 Å². The van der Waals surface area contributed by atoms with Gasteiger partial charge in [0.1, 0.15) is 5.75 Å². The molecule has 0 atom stereocenters. The van der Waals surface area contributed by atoms with E-state index in [1.165, 1.54) is 0 Å². The topological polar surface area (TPSA) is 26.3 Å². The standard InChI is InChI=1S/C11H11BrO2/c1-11(2)6-10(13)14-9-4-3-7(12)5-8(9)11/h3-5H,6H2,1-2H3. The molecular formula is C11H11BrO2. The van der Waals surface area contributed by atoms with Crippen molar-refractivity contribution < 1.29 is 9.53 Å². The Morgan fingerprint density at radius 3 is 2.86 bits per heavy atom. The van der Waals surface area contributed by atoms with E-state index in [9.17, 15) is 4.79 Å². The van der Waals surface area contributed by atoms with Gasteiger partial charge in [0.05, 0.1) is 6.42 Å². The summed E-state index contributed by atoms with van der Waals surface area (Å²) < 4.78 is 6.18. The Morgan fingerprint density at radius 1 is 1.43 bits per heavy atom. The van der Waals surface area contributed by atoms with Crippen molar-refractivity contribution in [3.05, 3.63) is 28.2 Å². The third-order valence-electron chi connectivity index (χ3n) is 2.48. The molecule has 1 aliphatic heterocycles. The molecule has 74 valence electrons. The van der Waals surface area contributed by atoms with E-state index in [0.29, 0.717) is 12.2 Å². The van der Waals surface area contributed by atoms with Gasteiger partial charge in [-0.1, -0.05) is 29.8 Å². The number of fused-ring (bicyclic) bond motifs is 1. The van der Waals surface area contributed by atoms with Gasteiger partial charge in [-0.2, -0.15) is 0 Å². The summed E-state index contributed by atoms with van der Waals surface area (Å²) in [5, 5.41) is 0. The molecule has 0 unspecified atom stereocenters. The Balaban J connectivity index is 2.58. The minimum Gasteiger partial charge on any atom is -0.426 e. The molecule has 0 bridgehead atoms. The molecule has 1 heterocycles. The maximum atomic E-state index is 11.3. The Morgan fingerprint density at radius 2 is 2.14 bits per heavy atom. The SMILES string of the molecule is CC1(C)CC(=O)Oc2ccc(Br)cc21.